The number of aromatic nitrogens is 3. The van der Waals surface area contributed by atoms with E-state index in [0.717, 1.165) is 29.5 Å². The largest absolute Gasteiger partial charge is 0.387 e. The molecule has 25 heavy (non-hydrogen) atoms. The number of benzene rings is 2. The van der Waals surface area contributed by atoms with Crippen molar-refractivity contribution in [1.82, 2.24) is 9.78 Å². The first-order valence-corrected chi connectivity index (χ1v) is 8.46. The van der Waals surface area contributed by atoms with Crippen LogP contribution in [0.1, 0.15) is 16.8 Å². The van der Waals surface area contributed by atoms with Gasteiger partial charge in [-0.1, -0.05) is 48.5 Å². The van der Waals surface area contributed by atoms with Crippen LogP contribution in [0.2, 0.25) is 0 Å². The third-order valence-electron chi connectivity index (χ3n) is 4.27. The number of rotatable bonds is 4. The Morgan fingerprint density at radius 1 is 0.920 bits per heavy atom. The Morgan fingerprint density at radius 2 is 1.60 bits per heavy atom. The van der Waals surface area contributed by atoms with Gasteiger partial charge in [0.2, 0.25) is 5.65 Å². The van der Waals surface area contributed by atoms with Crippen molar-refractivity contribution < 1.29 is 4.40 Å². The van der Waals surface area contributed by atoms with Crippen LogP contribution < -0.4 is 9.72 Å². The van der Waals surface area contributed by atoms with Crippen LogP contribution in [-0.4, -0.2) is 9.78 Å². The van der Waals surface area contributed by atoms with Gasteiger partial charge in [0.25, 0.3) is 0 Å². The minimum atomic E-state index is 0.740. The van der Waals surface area contributed by atoms with Gasteiger partial charge < -0.3 is 0 Å². The molecule has 0 atom stereocenters. The van der Waals surface area contributed by atoms with Crippen LogP contribution >= 0.6 is 0 Å². The maximum Gasteiger partial charge on any atom is 0.387 e. The molecule has 2 aromatic heterocycles. The molecule has 2 heterocycles. The van der Waals surface area contributed by atoms with E-state index in [1.165, 1.54) is 11.1 Å². The van der Waals surface area contributed by atoms with Crippen LogP contribution in [-0.2, 0) is 6.54 Å². The van der Waals surface area contributed by atoms with Crippen molar-refractivity contribution in [2.75, 3.05) is 5.32 Å². The highest BCUT2D eigenvalue weighted by Gasteiger charge is 2.21. The van der Waals surface area contributed by atoms with Crippen molar-refractivity contribution in [1.29, 1.82) is 0 Å². The number of hydrogen-bond donors (Lipinski definition) is 1. The molecule has 4 aromatic rings. The number of para-hydroxylation sites is 1. The van der Waals surface area contributed by atoms with E-state index in [1.54, 1.807) is 0 Å². The third kappa shape index (κ3) is 3.11. The van der Waals surface area contributed by atoms with Gasteiger partial charge in [0.15, 0.2) is 0 Å². The monoisotopic (exact) mass is 329 g/mol. The highest BCUT2D eigenvalue weighted by molar-refractivity contribution is 5.52. The van der Waals surface area contributed by atoms with E-state index in [-0.39, 0.29) is 0 Å². The Hall–Kier alpha value is -3.14. The van der Waals surface area contributed by atoms with Gasteiger partial charge in [-0.25, -0.2) is 0 Å². The van der Waals surface area contributed by atoms with E-state index in [0.29, 0.717) is 0 Å². The molecule has 0 unspecified atom stereocenters. The molecule has 0 spiro atoms. The second-order valence-corrected chi connectivity index (χ2v) is 6.33. The zero-order valence-corrected chi connectivity index (χ0v) is 14.5. The van der Waals surface area contributed by atoms with E-state index < -0.39 is 0 Å². The molecule has 0 aliphatic rings. The first-order valence-electron chi connectivity index (χ1n) is 8.46. The second-order valence-electron chi connectivity index (χ2n) is 6.33. The standard InChI is InChI=1S/C21H21N4/c1-16-13-17(2)25-20(14-16)24(15-18-9-5-3-6-10-18)23-21(25)22-19-11-7-4-8-12-19/h3-14H,15H2,1-2H3,(H,22,23)/q+1. The van der Waals surface area contributed by atoms with Gasteiger partial charge in [-0.15, -0.1) is 4.68 Å². The fraction of sp³-hybridized carbons (Fsp3) is 0.143. The van der Waals surface area contributed by atoms with E-state index in [4.69, 9.17) is 5.10 Å². The molecule has 4 nitrogen and oxygen atoms in total. The van der Waals surface area contributed by atoms with Gasteiger partial charge in [-0.3, -0.25) is 5.32 Å². The van der Waals surface area contributed by atoms with Crippen molar-refractivity contribution in [2.45, 2.75) is 20.4 Å². The summed E-state index contributed by atoms with van der Waals surface area (Å²) in [4.78, 5) is 0. The first kappa shape index (κ1) is 15.4. The minimum absolute atomic E-state index is 0.740. The molecular weight excluding hydrogens is 308 g/mol. The number of nitrogens with one attached hydrogen (secondary N) is 1. The Kier molecular flexibility index (Phi) is 3.94. The number of pyridine rings is 1. The van der Waals surface area contributed by atoms with E-state index in [9.17, 15) is 0 Å². The summed E-state index contributed by atoms with van der Waals surface area (Å²) in [5, 5.41) is 8.29. The summed E-state index contributed by atoms with van der Waals surface area (Å²) < 4.78 is 4.23. The average Bonchev–Trinajstić information content (AvgIpc) is 2.94. The van der Waals surface area contributed by atoms with Crippen LogP contribution in [0, 0.1) is 13.8 Å². The number of aryl methyl sites for hydroxylation is 2. The predicted octanol–water partition coefficient (Wildman–Crippen LogP) is 4.03. The molecule has 124 valence electrons. The van der Waals surface area contributed by atoms with Crippen LogP contribution in [0.5, 0.6) is 0 Å². The lowest BCUT2D eigenvalue weighted by molar-refractivity contribution is -0.504. The molecule has 0 aliphatic carbocycles. The van der Waals surface area contributed by atoms with Crippen molar-refractivity contribution in [2.24, 2.45) is 0 Å². The number of hydrogen-bond acceptors (Lipinski definition) is 2. The van der Waals surface area contributed by atoms with Crippen molar-refractivity contribution in [3.05, 3.63) is 89.6 Å². The molecule has 0 saturated carbocycles. The van der Waals surface area contributed by atoms with E-state index in [2.05, 4.69) is 64.6 Å². The normalized spacial score (nSPS) is 11.0. The minimum Gasteiger partial charge on any atom is -0.260 e. The topological polar surface area (TPSA) is 34.0 Å². The summed E-state index contributed by atoms with van der Waals surface area (Å²) in [6, 6.07) is 24.9. The van der Waals surface area contributed by atoms with Gasteiger partial charge >= 0.3 is 5.95 Å². The molecular formula is C21H21N4+. The highest BCUT2D eigenvalue weighted by atomic mass is 15.4. The summed E-state index contributed by atoms with van der Waals surface area (Å²) >= 11 is 0. The zero-order valence-electron chi connectivity index (χ0n) is 14.5. The van der Waals surface area contributed by atoms with Crippen LogP contribution in [0.4, 0.5) is 11.6 Å². The van der Waals surface area contributed by atoms with Gasteiger partial charge in [0, 0.05) is 11.2 Å². The Labute approximate surface area is 147 Å². The Balaban J connectivity index is 1.83. The Morgan fingerprint density at radius 3 is 2.32 bits per heavy atom. The van der Waals surface area contributed by atoms with Crippen molar-refractivity contribution >= 4 is 17.3 Å². The lowest BCUT2D eigenvalue weighted by Gasteiger charge is -2.02. The fourth-order valence-corrected chi connectivity index (χ4v) is 3.16. The van der Waals surface area contributed by atoms with Crippen molar-refractivity contribution in [3.8, 4) is 0 Å². The average molecular weight is 329 g/mol. The molecule has 0 fully saturated rings. The smallest absolute Gasteiger partial charge is 0.260 e. The van der Waals surface area contributed by atoms with Crippen LogP contribution in [0.3, 0.4) is 0 Å². The quantitative estimate of drug-likeness (QED) is 0.574. The van der Waals surface area contributed by atoms with Crippen molar-refractivity contribution in [3.63, 3.8) is 0 Å². The van der Waals surface area contributed by atoms with Gasteiger partial charge in [0.1, 0.15) is 6.54 Å². The molecule has 4 heteroatoms. The first-order chi connectivity index (χ1) is 12.2. The van der Waals surface area contributed by atoms with Crippen LogP contribution in [0.25, 0.3) is 5.65 Å². The zero-order chi connectivity index (χ0) is 17.2. The number of fused-ring (bicyclic) bond motifs is 1. The van der Waals surface area contributed by atoms with Gasteiger partial charge in [0.05, 0.1) is 11.4 Å². The fourth-order valence-electron chi connectivity index (χ4n) is 3.16. The Bertz CT molecular complexity index is 1000. The number of anilines is 2. The second kappa shape index (κ2) is 6.40. The highest BCUT2D eigenvalue weighted by Crippen LogP contribution is 2.15. The van der Waals surface area contributed by atoms with Crippen LogP contribution in [0.15, 0.2) is 72.8 Å². The summed E-state index contributed by atoms with van der Waals surface area (Å²) in [5.74, 6) is 0.828. The molecule has 0 radical (unpaired) electrons. The lowest BCUT2D eigenvalue weighted by atomic mass is 10.2. The molecule has 1 N–H and O–H groups in total. The SMILES string of the molecule is Cc1cc(C)[n+]2c(Nc3ccccc3)nn(Cc3ccccc3)c2c1. The molecule has 4 rings (SSSR count). The number of nitrogens with zero attached hydrogens (tertiary/aromatic N) is 3. The van der Waals surface area contributed by atoms with Gasteiger partial charge in [-0.2, -0.15) is 4.40 Å². The molecule has 0 aliphatic heterocycles. The molecule has 0 saturated heterocycles. The summed E-state index contributed by atoms with van der Waals surface area (Å²) in [5.41, 5.74) is 5.74. The van der Waals surface area contributed by atoms with E-state index in [1.807, 2.05) is 36.4 Å². The predicted molar refractivity (Wildman–Crippen MR) is 100 cm³/mol. The molecule has 2 aromatic carbocycles. The lowest BCUT2D eigenvalue weighted by Crippen LogP contribution is -2.28. The third-order valence-corrected chi connectivity index (χ3v) is 4.27. The summed E-state index contributed by atoms with van der Waals surface area (Å²) in [7, 11) is 0. The summed E-state index contributed by atoms with van der Waals surface area (Å²) in [6.45, 7) is 4.98. The molecule has 0 bridgehead atoms. The van der Waals surface area contributed by atoms with E-state index >= 15 is 0 Å². The summed E-state index contributed by atoms with van der Waals surface area (Å²) in [6.07, 6.45) is 0. The van der Waals surface area contributed by atoms with Gasteiger partial charge in [-0.05, 0) is 43.2 Å². The molecule has 0 amide bonds. The maximum atomic E-state index is 4.85. The maximum absolute atomic E-state index is 4.85.